The van der Waals surface area contributed by atoms with Crippen LogP contribution in [0.4, 0.5) is 0 Å². The molecule has 0 aliphatic carbocycles. The lowest BCUT2D eigenvalue weighted by Crippen LogP contribution is -2.27. The number of rotatable bonds is 4. The van der Waals surface area contributed by atoms with Gasteiger partial charge in [0.2, 0.25) is 0 Å². The highest BCUT2D eigenvalue weighted by Gasteiger charge is 2.17. The van der Waals surface area contributed by atoms with Crippen molar-refractivity contribution >= 4 is 28.8 Å². The Morgan fingerprint density at radius 2 is 2.26 bits per heavy atom. The van der Waals surface area contributed by atoms with Crippen molar-refractivity contribution in [2.75, 3.05) is 0 Å². The van der Waals surface area contributed by atoms with E-state index < -0.39 is 0 Å². The molecule has 0 bridgehead atoms. The first kappa shape index (κ1) is 13.9. The van der Waals surface area contributed by atoms with Crippen molar-refractivity contribution in [2.24, 2.45) is 0 Å². The smallest absolute Gasteiger partial charge is 0.253 e. The first-order valence-electron chi connectivity index (χ1n) is 5.94. The van der Waals surface area contributed by atoms with E-state index in [0.29, 0.717) is 5.02 Å². The Kier molecular flexibility index (Phi) is 4.45. The largest absolute Gasteiger partial charge is 0.508 e. The molecule has 0 saturated carbocycles. The monoisotopic (exact) mass is 295 g/mol. The molecular formula is C14H14ClNO2S. The number of aromatic hydroxyl groups is 1. The molecule has 100 valence electrons. The molecule has 0 spiro atoms. The summed E-state index contributed by atoms with van der Waals surface area (Å²) in [5.41, 5.74) is 0.289. The minimum atomic E-state index is -0.277. The number of halogens is 1. The zero-order chi connectivity index (χ0) is 13.8. The van der Waals surface area contributed by atoms with Crippen molar-refractivity contribution in [1.82, 2.24) is 5.32 Å². The fourth-order valence-corrected chi connectivity index (χ4v) is 2.85. The number of phenolic OH excluding ortho intramolecular Hbond substituents is 1. The second kappa shape index (κ2) is 6.08. The molecule has 1 amide bonds. The quantitative estimate of drug-likeness (QED) is 0.896. The van der Waals surface area contributed by atoms with Crippen LogP contribution in [0.2, 0.25) is 5.02 Å². The number of carbonyl (C=O) groups excluding carboxylic acids is 1. The standard InChI is InChI=1S/C14H14ClNO2S/c1-2-12(13-4-3-7-19-13)16-14(18)10-8-9(17)5-6-11(10)15/h3-8,12,17H,2H2,1H3,(H,16,18). The Morgan fingerprint density at radius 3 is 2.89 bits per heavy atom. The number of nitrogens with one attached hydrogen (secondary N) is 1. The lowest BCUT2D eigenvalue weighted by molar-refractivity contribution is 0.0936. The van der Waals surface area contributed by atoms with Crippen LogP contribution in [-0.4, -0.2) is 11.0 Å². The van der Waals surface area contributed by atoms with Crippen molar-refractivity contribution < 1.29 is 9.90 Å². The van der Waals surface area contributed by atoms with Gasteiger partial charge in [-0.05, 0) is 36.1 Å². The highest BCUT2D eigenvalue weighted by atomic mass is 35.5. The lowest BCUT2D eigenvalue weighted by Gasteiger charge is -2.16. The third-order valence-corrected chi connectivity index (χ3v) is 4.11. The zero-order valence-electron chi connectivity index (χ0n) is 10.4. The van der Waals surface area contributed by atoms with Crippen molar-refractivity contribution in [3.63, 3.8) is 0 Å². The van der Waals surface area contributed by atoms with Gasteiger partial charge in [0.25, 0.3) is 5.91 Å². The van der Waals surface area contributed by atoms with Gasteiger partial charge in [0.1, 0.15) is 5.75 Å². The normalized spacial score (nSPS) is 12.1. The van der Waals surface area contributed by atoms with Crippen LogP contribution in [-0.2, 0) is 0 Å². The van der Waals surface area contributed by atoms with Crippen molar-refractivity contribution in [2.45, 2.75) is 19.4 Å². The van der Waals surface area contributed by atoms with Gasteiger partial charge in [-0.25, -0.2) is 0 Å². The van der Waals surface area contributed by atoms with Gasteiger partial charge < -0.3 is 10.4 Å². The first-order chi connectivity index (χ1) is 9.11. The van der Waals surface area contributed by atoms with Crippen LogP contribution in [0.15, 0.2) is 35.7 Å². The average molecular weight is 296 g/mol. The Labute approximate surface area is 120 Å². The zero-order valence-corrected chi connectivity index (χ0v) is 12.0. The topological polar surface area (TPSA) is 49.3 Å². The maximum Gasteiger partial charge on any atom is 0.253 e. The Morgan fingerprint density at radius 1 is 1.47 bits per heavy atom. The molecule has 2 rings (SSSR count). The molecule has 0 aliphatic heterocycles. The lowest BCUT2D eigenvalue weighted by atomic mass is 10.1. The molecule has 0 saturated heterocycles. The molecule has 5 heteroatoms. The van der Waals surface area contributed by atoms with Crippen LogP contribution in [0.1, 0.15) is 34.6 Å². The fourth-order valence-electron chi connectivity index (χ4n) is 1.79. The maximum absolute atomic E-state index is 12.2. The van der Waals surface area contributed by atoms with Gasteiger partial charge in [-0.3, -0.25) is 4.79 Å². The van der Waals surface area contributed by atoms with E-state index in [1.54, 1.807) is 11.3 Å². The summed E-state index contributed by atoms with van der Waals surface area (Å²) < 4.78 is 0. The van der Waals surface area contributed by atoms with Gasteiger partial charge in [0.15, 0.2) is 0 Å². The van der Waals surface area contributed by atoms with E-state index in [2.05, 4.69) is 5.32 Å². The molecule has 2 N–H and O–H groups in total. The summed E-state index contributed by atoms with van der Waals surface area (Å²) in [6.07, 6.45) is 0.794. The number of benzene rings is 1. The molecule has 3 nitrogen and oxygen atoms in total. The van der Waals surface area contributed by atoms with Crippen molar-refractivity contribution in [1.29, 1.82) is 0 Å². The molecular weight excluding hydrogens is 282 g/mol. The average Bonchev–Trinajstić information content (AvgIpc) is 2.92. The van der Waals surface area contributed by atoms with Gasteiger partial charge in [0.05, 0.1) is 16.6 Å². The number of carbonyl (C=O) groups is 1. The van der Waals surface area contributed by atoms with Gasteiger partial charge in [-0.15, -0.1) is 11.3 Å². The third-order valence-electron chi connectivity index (χ3n) is 2.79. The molecule has 0 radical (unpaired) electrons. The summed E-state index contributed by atoms with van der Waals surface area (Å²) in [4.78, 5) is 13.3. The summed E-state index contributed by atoms with van der Waals surface area (Å²) >= 11 is 7.58. The van der Waals surface area contributed by atoms with Crippen LogP contribution in [0.3, 0.4) is 0 Å². The number of amides is 1. The Hall–Kier alpha value is -1.52. The molecule has 1 heterocycles. The Bertz CT molecular complexity index is 569. The summed E-state index contributed by atoms with van der Waals surface area (Å²) in [7, 11) is 0. The number of hydrogen-bond donors (Lipinski definition) is 2. The fraction of sp³-hybridized carbons (Fsp3) is 0.214. The molecule has 1 aromatic carbocycles. The van der Waals surface area contributed by atoms with Gasteiger partial charge in [-0.1, -0.05) is 24.6 Å². The molecule has 2 aromatic rings. The van der Waals surface area contributed by atoms with E-state index in [-0.39, 0.29) is 23.3 Å². The maximum atomic E-state index is 12.2. The third kappa shape index (κ3) is 3.28. The van der Waals surface area contributed by atoms with Crippen LogP contribution in [0.25, 0.3) is 0 Å². The van der Waals surface area contributed by atoms with Crippen molar-refractivity contribution in [3.8, 4) is 5.75 Å². The van der Waals surface area contributed by atoms with E-state index in [1.807, 2.05) is 24.4 Å². The van der Waals surface area contributed by atoms with E-state index in [4.69, 9.17) is 11.6 Å². The van der Waals surface area contributed by atoms with Crippen LogP contribution >= 0.6 is 22.9 Å². The highest BCUT2D eigenvalue weighted by Crippen LogP contribution is 2.25. The van der Waals surface area contributed by atoms with Crippen LogP contribution < -0.4 is 5.32 Å². The summed E-state index contributed by atoms with van der Waals surface area (Å²) in [6.45, 7) is 2.01. The van der Waals surface area contributed by atoms with E-state index in [0.717, 1.165) is 11.3 Å². The number of phenols is 1. The minimum Gasteiger partial charge on any atom is -0.508 e. The van der Waals surface area contributed by atoms with Crippen LogP contribution in [0.5, 0.6) is 5.75 Å². The van der Waals surface area contributed by atoms with Crippen molar-refractivity contribution in [3.05, 3.63) is 51.2 Å². The molecule has 0 aliphatic rings. The summed E-state index contributed by atoms with van der Waals surface area (Å²) in [5, 5.41) is 14.7. The van der Waals surface area contributed by atoms with Gasteiger partial charge >= 0.3 is 0 Å². The second-order valence-electron chi connectivity index (χ2n) is 4.11. The predicted molar refractivity (Wildman–Crippen MR) is 77.9 cm³/mol. The summed E-state index contributed by atoms with van der Waals surface area (Å²) in [5.74, 6) is -0.250. The Balaban J connectivity index is 2.18. The molecule has 1 unspecified atom stereocenters. The molecule has 0 fully saturated rings. The number of hydrogen-bond acceptors (Lipinski definition) is 3. The van der Waals surface area contributed by atoms with E-state index in [1.165, 1.54) is 18.2 Å². The SMILES string of the molecule is CCC(NC(=O)c1cc(O)ccc1Cl)c1cccs1. The van der Waals surface area contributed by atoms with E-state index in [9.17, 15) is 9.90 Å². The highest BCUT2D eigenvalue weighted by molar-refractivity contribution is 7.10. The van der Waals surface area contributed by atoms with Gasteiger partial charge in [-0.2, -0.15) is 0 Å². The molecule has 1 aromatic heterocycles. The number of thiophene rings is 1. The minimum absolute atomic E-state index is 0.0266. The predicted octanol–water partition coefficient (Wildman–Crippen LogP) is 3.99. The second-order valence-corrected chi connectivity index (χ2v) is 5.50. The van der Waals surface area contributed by atoms with E-state index >= 15 is 0 Å². The summed E-state index contributed by atoms with van der Waals surface area (Å²) in [6, 6.07) is 8.25. The molecule has 19 heavy (non-hydrogen) atoms. The van der Waals surface area contributed by atoms with Gasteiger partial charge in [0, 0.05) is 4.88 Å². The van der Waals surface area contributed by atoms with Crippen LogP contribution in [0, 0.1) is 0 Å². The molecule has 1 atom stereocenters. The first-order valence-corrected chi connectivity index (χ1v) is 7.20.